The van der Waals surface area contributed by atoms with Crippen LogP contribution in [0.5, 0.6) is 5.75 Å². The first-order chi connectivity index (χ1) is 13.3. The number of benzene rings is 1. The van der Waals surface area contributed by atoms with Crippen LogP contribution in [0, 0.1) is 0 Å². The van der Waals surface area contributed by atoms with E-state index in [1.807, 2.05) is 48.5 Å². The Bertz CT molecular complexity index is 1100. The molecule has 0 spiro atoms. The van der Waals surface area contributed by atoms with Crippen molar-refractivity contribution in [3.8, 4) is 22.8 Å². The number of hydrogen-bond acceptors (Lipinski definition) is 5. The number of methoxy groups -OCH3 is 1. The van der Waals surface area contributed by atoms with Crippen molar-refractivity contribution in [1.29, 1.82) is 0 Å². The Kier molecular flexibility index (Phi) is 4.49. The summed E-state index contributed by atoms with van der Waals surface area (Å²) in [5.74, 6) is 0.219. The third kappa shape index (κ3) is 3.35. The molecule has 134 valence electrons. The van der Waals surface area contributed by atoms with Gasteiger partial charge in [-0.05, 0) is 30.3 Å². The molecule has 0 aliphatic carbocycles. The Morgan fingerprint density at radius 2 is 1.81 bits per heavy atom. The predicted octanol–water partition coefficient (Wildman–Crippen LogP) is 2.55. The maximum Gasteiger partial charge on any atom is 0.251 e. The lowest BCUT2D eigenvalue weighted by Gasteiger charge is -2.11. The molecule has 0 fully saturated rings. The lowest BCUT2D eigenvalue weighted by atomic mass is 10.2. The first-order valence-electron chi connectivity index (χ1n) is 8.42. The highest BCUT2D eigenvalue weighted by molar-refractivity contribution is 5.58. The molecule has 7 heteroatoms. The van der Waals surface area contributed by atoms with Crippen LogP contribution in [0.15, 0.2) is 78.0 Å². The molecule has 27 heavy (non-hydrogen) atoms. The topological polar surface area (TPSA) is 74.8 Å². The van der Waals surface area contributed by atoms with E-state index in [0.29, 0.717) is 12.2 Å². The molecule has 4 rings (SSSR count). The summed E-state index contributed by atoms with van der Waals surface area (Å²) in [7, 11) is 1.47. The summed E-state index contributed by atoms with van der Waals surface area (Å²) >= 11 is 0. The van der Waals surface area contributed by atoms with Crippen LogP contribution in [0.1, 0.15) is 5.69 Å². The highest BCUT2D eigenvalue weighted by atomic mass is 16.5. The van der Waals surface area contributed by atoms with E-state index in [4.69, 9.17) is 4.74 Å². The van der Waals surface area contributed by atoms with Gasteiger partial charge in [-0.15, -0.1) is 0 Å². The summed E-state index contributed by atoms with van der Waals surface area (Å²) in [6.45, 7) is 0.421. The largest absolute Gasteiger partial charge is 0.491 e. The second-order valence-corrected chi connectivity index (χ2v) is 5.86. The summed E-state index contributed by atoms with van der Waals surface area (Å²) in [4.78, 5) is 17.1. The molecule has 0 bridgehead atoms. The summed E-state index contributed by atoms with van der Waals surface area (Å²) in [6, 6.07) is 17.0. The van der Waals surface area contributed by atoms with Crippen molar-refractivity contribution in [1.82, 2.24) is 24.5 Å². The van der Waals surface area contributed by atoms with Gasteiger partial charge in [-0.3, -0.25) is 14.5 Å². The molecule has 0 unspecified atom stereocenters. The minimum absolute atomic E-state index is 0.219. The zero-order valence-electron chi connectivity index (χ0n) is 14.7. The number of nitrogens with zero attached hydrogens (tertiary/aromatic N) is 5. The first kappa shape index (κ1) is 16.7. The SMILES string of the molecule is COc1cn(Cc2ccccn2)nc(-c2ccnn2-c2ccccc2)c1=O. The first-order valence-corrected chi connectivity index (χ1v) is 8.42. The van der Waals surface area contributed by atoms with Crippen molar-refractivity contribution in [2.75, 3.05) is 7.11 Å². The predicted molar refractivity (Wildman–Crippen MR) is 101 cm³/mol. The smallest absolute Gasteiger partial charge is 0.251 e. The molecule has 0 aliphatic rings. The fraction of sp³-hybridized carbons (Fsp3) is 0.100. The van der Waals surface area contributed by atoms with E-state index in [2.05, 4.69) is 15.2 Å². The van der Waals surface area contributed by atoms with Crippen LogP contribution in [-0.2, 0) is 6.54 Å². The van der Waals surface area contributed by atoms with E-state index in [1.165, 1.54) is 7.11 Å². The van der Waals surface area contributed by atoms with Gasteiger partial charge in [0.2, 0.25) is 0 Å². The fourth-order valence-corrected chi connectivity index (χ4v) is 2.82. The molecule has 3 aromatic heterocycles. The second kappa shape index (κ2) is 7.25. The monoisotopic (exact) mass is 359 g/mol. The summed E-state index contributed by atoms with van der Waals surface area (Å²) < 4.78 is 8.63. The molecule has 0 radical (unpaired) electrons. The van der Waals surface area contributed by atoms with E-state index in [0.717, 1.165) is 11.4 Å². The van der Waals surface area contributed by atoms with Gasteiger partial charge in [-0.1, -0.05) is 24.3 Å². The van der Waals surface area contributed by atoms with Crippen molar-refractivity contribution in [2.24, 2.45) is 0 Å². The van der Waals surface area contributed by atoms with Crippen molar-refractivity contribution in [3.05, 3.63) is 89.1 Å². The molecule has 0 N–H and O–H groups in total. The molecular formula is C20H17N5O2. The van der Waals surface area contributed by atoms with Crippen LogP contribution in [0.3, 0.4) is 0 Å². The highest BCUT2D eigenvalue weighted by Crippen LogP contribution is 2.19. The van der Waals surface area contributed by atoms with E-state index < -0.39 is 0 Å². The van der Waals surface area contributed by atoms with Crippen LogP contribution < -0.4 is 10.2 Å². The van der Waals surface area contributed by atoms with Crippen LogP contribution in [-0.4, -0.2) is 31.7 Å². The molecule has 0 atom stereocenters. The molecule has 0 saturated carbocycles. The molecule has 1 aromatic carbocycles. The Morgan fingerprint density at radius 3 is 2.56 bits per heavy atom. The third-order valence-corrected chi connectivity index (χ3v) is 4.09. The van der Waals surface area contributed by atoms with E-state index in [9.17, 15) is 4.79 Å². The molecule has 3 heterocycles. The summed E-state index contributed by atoms with van der Waals surface area (Å²) in [5, 5.41) is 8.88. The van der Waals surface area contributed by atoms with E-state index in [1.54, 1.807) is 34.0 Å². The number of ether oxygens (including phenoxy) is 1. The summed E-state index contributed by atoms with van der Waals surface area (Å²) in [6.07, 6.45) is 4.95. The van der Waals surface area contributed by atoms with Gasteiger partial charge in [0.15, 0.2) is 11.4 Å². The standard InChI is InChI=1S/C20H17N5O2/c1-27-18-14-24(13-15-7-5-6-11-21-15)23-19(20(18)26)17-10-12-22-25(17)16-8-3-2-4-9-16/h2-12,14H,13H2,1H3. The maximum atomic E-state index is 12.8. The van der Waals surface area contributed by atoms with Crippen LogP contribution in [0.25, 0.3) is 17.1 Å². The fourth-order valence-electron chi connectivity index (χ4n) is 2.82. The molecule has 0 amide bonds. The van der Waals surface area contributed by atoms with Crippen molar-refractivity contribution < 1.29 is 4.74 Å². The average molecular weight is 359 g/mol. The zero-order chi connectivity index (χ0) is 18.6. The minimum atomic E-state index is -0.285. The van der Waals surface area contributed by atoms with Gasteiger partial charge in [0.25, 0.3) is 5.43 Å². The van der Waals surface area contributed by atoms with Gasteiger partial charge < -0.3 is 4.74 Å². The lowest BCUT2D eigenvalue weighted by Crippen LogP contribution is -2.19. The van der Waals surface area contributed by atoms with E-state index >= 15 is 0 Å². The Hall–Kier alpha value is -3.74. The van der Waals surface area contributed by atoms with Crippen molar-refractivity contribution >= 4 is 0 Å². The molecule has 0 aliphatic heterocycles. The van der Waals surface area contributed by atoms with Gasteiger partial charge in [0, 0.05) is 6.20 Å². The molecule has 4 aromatic rings. The molecule has 7 nitrogen and oxygen atoms in total. The quantitative estimate of drug-likeness (QED) is 0.547. The second-order valence-electron chi connectivity index (χ2n) is 5.86. The number of aromatic nitrogens is 5. The Labute approximate surface area is 155 Å². The summed E-state index contributed by atoms with van der Waals surface area (Å²) in [5.41, 5.74) is 2.26. The van der Waals surface area contributed by atoms with Crippen molar-refractivity contribution in [2.45, 2.75) is 6.54 Å². The number of pyridine rings is 1. The number of rotatable bonds is 5. The van der Waals surface area contributed by atoms with Crippen LogP contribution >= 0.6 is 0 Å². The Balaban J connectivity index is 1.83. The zero-order valence-corrected chi connectivity index (χ0v) is 14.7. The maximum absolute atomic E-state index is 12.8. The van der Waals surface area contributed by atoms with Crippen LogP contribution in [0.2, 0.25) is 0 Å². The average Bonchev–Trinajstić information content (AvgIpc) is 3.20. The van der Waals surface area contributed by atoms with Gasteiger partial charge in [-0.2, -0.15) is 10.2 Å². The third-order valence-electron chi connectivity index (χ3n) is 4.09. The minimum Gasteiger partial charge on any atom is -0.491 e. The Morgan fingerprint density at radius 1 is 1.00 bits per heavy atom. The number of hydrogen-bond donors (Lipinski definition) is 0. The van der Waals surface area contributed by atoms with Crippen molar-refractivity contribution in [3.63, 3.8) is 0 Å². The number of para-hydroxylation sites is 1. The molecular weight excluding hydrogens is 342 g/mol. The normalized spacial score (nSPS) is 10.7. The highest BCUT2D eigenvalue weighted by Gasteiger charge is 2.17. The van der Waals surface area contributed by atoms with Gasteiger partial charge in [-0.25, -0.2) is 4.68 Å². The van der Waals surface area contributed by atoms with Gasteiger partial charge in [0.05, 0.1) is 43.1 Å². The van der Waals surface area contributed by atoms with Gasteiger partial charge >= 0.3 is 0 Å². The van der Waals surface area contributed by atoms with Crippen LogP contribution in [0.4, 0.5) is 0 Å². The van der Waals surface area contributed by atoms with Gasteiger partial charge in [0.1, 0.15) is 0 Å². The van der Waals surface area contributed by atoms with E-state index in [-0.39, 0.29) is 16.9 Å². The molecule has 0 saturated heterocycles. The lowest BCUT2D eigenvalue weighted by molar-refractivity contribution is 0.402.